The third-order valence-corrected chi connectivity index (χ3v) is 4.02. The Balaban J connectivity index is 1.76. The number of aromatic hydroxyl groups is 1. The van der Waals surface area contributed by atoms with E-state index in [1.165, 1.54) is 12.1 Å². The fourth-order valence-corrected chi connectivity index (χ4v) is 2.59. The van der Waals surface area contributed by atoms with Gasteiger partial charge in [0.05, 0.1) is 12.7 Å². The van der Waals surface area contributed by atoms with Crippen LogP contribution in [0.4, 0.5) is 0 Å². The number of hydrogen-bond donors (Lipinski definition) is 1. The summed E-state index contributed by atoms with van der Waals surface area (Å²) in [4.78, 5) is 12.3. The molecule has 3 rings (SSSR count). The van der Waals surface area contributed by atoms with Gasteiger partial charge in [0, 0.05) is 0 Å². The lowest BCUT2D eigenvalue weighted by atomic mass is 10.1. The lowest BCUT2D eigenvalue weighted by molar-refractivity contribution is 0.104. The number of hydrogen-bond acceptors (Lipinski definition) is 4. The van der Waals surface area contributed by atoms with Crippen molar-refractivity contribution in [3.8, 4) is 17.2 Å². The summed E-state index contributed by atoms with van der Waals surface area (Å²) < 4.78 is 11.2. The van der Waals surface area contributed by atoms with Crippen LogP contribution < -0.4 is 9.47 Å². The number of ketones is 1. The van der Waals surface area contributed by atoms with Gasteiger partial charge in [0.25, 0.3) is 0 Å². The molecule has 0 aliphatic carbocycles. The van der Waals surface area contributed by atoms with Gasteiger partial charge < -0.3 is 14.6 Å². The maximum absolute atomic E-state index is 12.3. The first-order valence-electron chi connectivity index (χ1n) is 8.52. The minimum atomic E-state index is -0.268. The number of methoxy groups -OCH3 is 1. The smallest absolute Gasteiger partial charge is 0.189 e. The number of carbonyl (C=O) groups is 1. The van der Waals surface area contributed by atoms with E-state index in [1.807, 2.05) is 42.5 Å². The van der Waals surface area contributed by atoms with E-state index in [0.29, 0.717) is 18.1 Å². The molecule has 3 aromatic carbocycles. The molecule has 0 aromatic heterocycles. The van der Waals surface area contributed by atoms with Crippen LogP contribution in [0.3, 0.4) is 0 Å². The largest absolute Gasteiger partial charge is 0.507 e. The Bertz CT molecular complexity index is 946. The van der Waals surface area contributed by atoms with E-state index < -0.39 is 0 Å². The van der Waals surface area contributed by atoms with E-state index in [1.54, 1.807) is 37.5 Å². The lowest BCUT2D eigenvalue weighted by Crippen LogP contribution is -1.98. The normalized spacial score (nSPS) is 10.7. The lowest BCUT2D eigenvalue weighted by Gasteiger charge is -2.11. The molecule has 0 spiro atoms. The maximum atomic E-state index is 12.3. The molecule has 3 aromatic rings. The van der Waals surface area contributed by atoms with Gasteiger partial charge in [-0.05, 0) is 41.5 Å². The van der Waals surface area contributed by atoms with Gasteiger partial charge in [0.15, 0.2) is 17.3 Å². The van der Waals surface area contributed by atoms with Gasteiger partial charge in [-0.3, -0.25) is 4.79 Å². The molecule has 0 saturated carbocycles. The molecule has 0 aliphatic heterocycles. The van der Waals surface area contributed by atoms with E-state index >= 15 is 0 Å². The van der Waals surface area contributed by atoms with E-state index in [0.717, 1.165) is 11.1 Å². The molecule has 4 heteroatoms. The Hall–Kier alpha value is -3.53. The van der Waals surface area contributed by atoms with Crippen molar-refractivity contribution >= 4 is 11.9 Å². The third-order valence-electron chi connectivity index (χ3n) is 4.02. The summed E-state index contributed by atoms with van der Waals surface area (Å²) in [5.74, 6) is 0.915. The molecule has 4 nitrogen and oxygen atoms in total. The second-order valence-corrected chi connectivity index (χ2v) is 5.90. The average Bonchev–Trinajstić information content (AvgIpc) is 2.71. The van der Waals surface area contributed by atoms with Gasteiger partial charge in [0.1, 0.15) is 12.4 Å². The molecule has 0 saturated heterocycles. The molecule has 0 heterocycles. The summed E-state index contributed by atoms with van der Waals surface area (Å²) in [5.41, 5.74) is 2.11. The molecule has 0 bridgehead atoms. The molecule has 0 atom stereocenters. The van der Waals surface area contributed by atoms with Crippen molar-refractivity contribution in [2.75, 3.05) is 7.11 Å². The van der Waals surface area contributed by atoms with Crippen molar-refractivity contribution in [1.29, 1.82) is 0 Å². The summed E-state index contributed by atoms with van der Waals surface area (Å²) in [6.45, 7) is 0.418. The first-order valence-corrected chi connectivity index (χ1v) is 8.52. The highest BCUT2D eigenvalue weighted by Crippen LogP contribution is 2.29. The predicted molar refractivity (Wildman–Crippen MR) is 105 cm³/mol. The molecule has 0 aliphatic rings. The Labute approximate surface area is 158 Å². The van der Waals surface area contributed by atoms with Crippen molar-refractivity contribution in [2.24, 2.45) is 0 Å². The summed E-state index contributed by atoms with van der Waals surface area (Å²) >= 11 is 0. The van der Waals surface area contributed by atoms with Gasteiger partial charge in [-0.1, -0.05) is 54.6 Å². The molecular weight excluding hydrogens is 340 g/mol. The SMILES string of the molecule is COc1ccc(/C=C/C(=O)c2ccccc2O)cc1OCc1ccccc1. The van der Waals surface area contributed by atoms with Crippen molar-refractivity contribution in [1.82, 2.24) is 0 Å². The third kappa shape index (κ3) is 4.76. The maximum Gasteiger partial charge on any atom is 0.189 e. The number of carbonyl (C=O) groups excluding carboxylic acids is 1. The molecule has 0 radical (unpaired) electrons. The molecule has 27 heavy (non-hydrogen) atoms. The minimum Gasteiger partial charge on any atom is -0.507 e. The first kappa shape index (κ1) is 18.3. The van der Waals surface area contributed by atoms with E-state index in [9.17, 15) is 9.90 Å². The van der Waals surface area contributed by atoms with Crippen LogP contribution >= 0.6 is 0 Å². The zero-order valence-corrected chi connectivity index (χ0v) is 15.0. The standard InChI is InChI=1S/C23H20O4/c1-26-22-14-12-17(11-13-21(25)19-9-5-6-10-20(19)24)15-23(22)27-16-18-7-3-2-4-8-18/h2-15,24H,16H2,1H3/b13-11+. The van der Waals surface area contributed by atoms with Crippen molar-refractivity contribution < 1.29 is 19.4 Å². The first-order chi connectivity index (χ1) is 13.2. The number of para-hydroxylation sites is 1. The van der Waals surface area contributed by atoms with Crippen molar-refractivity contribution in [3.05, 3.63) is 95.6 Å². The number of phenolic OH excluding ortho intramolecular Hbond substituents is 1. The van der Waals surface area contributed by atoms with Crippen LogP contribution in [0.1, 0.15) is 21.5 Å². The molecule has 136 valence electrons. The monoisotopic (exact) mass is 360 g/mol. The Kier molecular flexibility index (Phi) is 5.90. The number of allylic oxidation sites excluding steroid dienone is 1. The summed E-state index contributed by atoms with van der Waals surface area (Å²) in [6.07, 6.45) is 3.11. The van der Waals surface area contributed by atoms with Crippen LogP contribution in [-0.2, 0) is 6.61 Å². The number of phenols is 1. The quantitative estimate of drug-likeness (QED) is 0.482. The second-order valence-electron chi connectivity index (χ2n) is 5.90. The van der Waals surface area contributed by atoms with E-state index in [4.69, 9.17) is 9.47 Å². The van der Waals surface area contributed by atoms with Gasteiger partial charge in [-0.2, -0.15) is 0 Å². The topological polar surface area (TPSA) is 55.8 Å². The van der Waals surface area contributed by atoms with Gasteiger partial charge in [-0.25, -0.2) is 0 Å². The molecular formula is C23H20O4. The van der Waals surface area contributed by atoms with Crippen molar-refractivity contribution in [2.45, 2.75) is 6.61 Å². The Morgan fingerprint density at radius 3 is 2.44 bits per heavy atom. The van der Waals surface area contributed by atoms with Crippen molar-refractivity contribution in [3.63, 3.8) is 0 Å². The summed E-state index contributed by atoms with van der Waals surface area (Å²) in [6, 6.07) is 21.8. The number of benzene rings is 3. The second kappa shape index (κ2) is 8.72. The highest BCUT2D eigenvalue weighted by atomic mass is 16.5. The number of ether oxygens (including phenoxy) is 2. The van der Waals surface area contributed by atoms with Gasteiger partial charge in [-0.15, -0.1) is 0 Å². The van der Waals surface area contributed by atoms with Crippen LogP contribution in [0, 0.1) is 0 Å². The molecule has 0 amide bonds. The van der Waals surface area contributed by atoms with Crippen LogP contribution in [0.15, 0.2) is 78.9 Å². The average molecular weight is 360 g/mol. The predicted octanol–water partition coefficient (Wildman–Crippen LogP) is 4.88. The highest BCUT2D eigenvalue weighted by molar-refractivity contribution is 6.08. The zero-order chi connectivity index (χ0) is 19.1. The van der Waals surface area contributed by atoms with Crippen LogP contribution in [0.25, 0.3) is 6.08 Å². The Morgan fingerprint density at radius 1 is 0.963 bits per heavy atom. The summed E-state index contributed by atoms with van der Waals surface area (Å²) in [7, 11) is 1.59. The fourth-order valence-electron chi connectivity index (χ4n) is 2.59. The van der Waals surface area contributed by atoms with E-state index in [-0.39, 0.29) is 17.1 Å². The zero-order valence-electron chi connectivity index (χ0n) is 15.0. The molecule has 0 fully saturated rings. The summed E-state index contributed by atoms with van der Waals surface area (Å²) in [5, 5.41) is 9.78. The van der Waals surface area contributed by atoms with Gasteiger partial charge >= 0.3 is 0 Å². The minimum absolute atomic E-state index is 0.0336. The van der Waals surface area contributed by atoms with Crippen LogP contribution in [0.2, 0.25) is 0 Å². The van der Waals surface area contributed by atoms with Crippen LogP contribution in [-0.4, -0.2) is 18.0 Å². The highest BCUT2D eigenvalue weighted by Gasteiger charge is 2.08. The fraction of sp³-hybridized carbons (Fsp3) is 0.0870. The molecule has 0 unspecified atom stereocenters. The molecule has 1 N–H and O–H groups in total. The number of rotatable bonds is 7. The van der Waals surface area contributed by atoms with Crippen LogP contribution in [0.5, 0.6) is 17.2 Å². The van der Waals surface area contributed by atoms with E-state index in [2.05, 4.69) is 0 Å². The van der Waals surface area contributed by atoms with Gasteiger partial charge in [0.2, 0.25) is 0 Å². The Morgan fingerprint density at radius 2 is 1.70 bits per heavy atom.